The Bertz CT molecular complexity index is 805. The van der Waals surface area contributed by atoms with Gasteiger partial charge in [0.1, 0.15) is 0 Å². The van der Waals surface area contributed by atoms with E-state index in [-0.39, 0.29) is 5.92 Å². The van der Waals surface area contributed by atoms with Gasteiger partial charge in [0.15, 0.2) is 11.6 Å². The first kappa shape index (κ1) is 15.1. The third kappa shape index (κ3) is 2.84. The Hall–Kier alpha value is -2.50. The van der Waals surface area contributed by atoms with E-state index in [1.54, 1.807) is 0 Å². The van der Waals surface area contributed by atoms with Crippen LogP contribution in [0.25, 0.3) is 17.1 Å². The van der Waals surface area contributed by atoms with Gasteiger partial charge in [0.25, 0.3) is 0 Å². The van der Waals surface area contributed by atoms with Crippen LogP contribution < -0.4 is 5.73 Å². The monoisotopic (exact) mass is 320 g/mol. The maximum Gasteiger partial charge on any atom is 0.163 e. The Balaban J connectivity index is 1.80. The van der Waals surface area contributed by atoms with Crippen LogP contribution in [0.15, 0.2) is 54.6 Å². The summed E-state index contributed by atoms with van der Waals surface area (Å²) in [6.07, 6.45) is 0.977. The molecule has 0 unspecified atom stereocenters. The maximum absolute atomic E-state index is 5.70. The normalized spacial score (nSPS) is 17.3. The van der Waals surface area contributed by atoms with Crippen LogP contribution >= 0.6 is 0 Å². The molecule has 0 amide bonds. The molecule has 1 aromatic heterocycles. The second kappa shape index (κ2) is 6.55. The van der Waals surface area contributed by atoms with Gasteiger partial charge in [0.05, 0.1) is 12.3 Å². The molecule has 3 aromatic rings. The molecular formula is C19H20N4O. The molecule has 2 N–H and O–H groups in total. The summed E-state index contributed by atoms with van der Waals surface area (Å²) >= 11 is 0. The molecule has 1 atom stereocenters. The summed E-state index contributed by atoms with van der Waals surface area (Å²) in [5, 5.41) is 4.78. The highest BCUT2D eigenvalue weighted by molar-refractivity contribution is 5.58. The topological polar surface area (TPSA) is 66.0 Å². The second-order valence-corrected chi connectivity index (χ2v) is 6.00. The SMILES string of the molecule is NCc1ccc(-c2nc([C@H]3CCOC3)nn2-c2ccccc2)cc1. The zero-order chi connectivity index (χ0) is 16.4. The molecule has 2 aromatic carbocycles. The van der Waals surface area contributed by atoms with Crippen molar-refractivity contribution in [1.29, 1.82) is 0 Å². The summed E-state index contributed by atoms with van der Waals surface area (Å²) in [7, 11) is 0. The van der Waals surface area contributed by atoms with Crippen LogP contribution in [0.5, 0.6) is 0 Å². The average molecular weight is 320 g/mol. The molecule has 5 nitrogen and oxygen atoms in total. The quantitative estimate of drug-likeness (QED) is 0.803. The van der Waals surface area contributed by atoms with Gasteiger partial charge < -0.3 is 10.5 Å². The summed E-state index contributed by atoms with van der Waals surface area (Å²) in [6, 6.07) is 18.3. The molecule has 5 heteroatoms. The number of benzene rings is 2. The predicted molar refractivity (Wildman–Crippen MR) is 92.9 cm³/mol. The number of nitrogens with zero attached hydrogens (tertiary/aromatic N) is 3. The summed E-state index contributed by atoms with van der Waals surface area (Å²) in [6.45, 7) is 2.02. The number of hydrogen-bond donors (Lipinski definition) is 1. The van der Waals surface area contributed by atoms with E-state index >= 15 is 0 Å². The van der Waals surface area contributed by atoms with Crippen LogP contribution in [0, 0.1) is 0 Å². The van der Waals surface area contributed by atoms with E-state index < -0.39 is 0 Å². The largest absolute Gasteiger partial charge is 0.381 e. The molecule has 0 aliphatic carbocycles. The van der Waals surface area contributed by atoms with Crippen molar-refractivity contribution in [3.63, 3.8) is 0 Å². The lowest BCUT2D eigenvalue weighted by atomic mass is 10.1. The molecule has 4 rings (SSSR count). The van der Waals surface area contributed by atoms with Crippen molar-refractivity contribution in [3.8, 4) is 17.1 Å². The Morgan fingerprint density at radius 3 is 2.54 bits per heavy atom. The molecule has 1 fully saturated rings. The standard InChI is InChI=1S/C19H20N4O/c20-12-14-6-8-15(9-7-14)19-21-18(16-10-11-24-13-16)22-23(19)17-4-2-1-3-5-17/h1-9,16H,10-13,20H2/t16-/m0/s1. The van der Waals surface area contributed by atoms with Crippen LogP contribution in [-0.2, 0) is 11.3 Å². The molecule has 1 aliphatic heterocycles. The Morgan fingerprint density at radius 2 is 1.88 bits per heavy atom. The molecule has 2 heterocycles. The lowest BCUT2D eigenvalue weighted by molar-refractivity contribution is 0.193. The van der Waals surface area contributed by atoms with Gasteiger partial charge in [-0.15, -0.1) is 0 Å². The Morgan fingerprint density at radius 1 is 1.08 bits per heavy atom. The van der Waals surface area contributed by atoms with Crippen molar-refractivity contribution in [2.24, 2.45) is 5.73 Å². The summed E-state index contributed by atoms with van der Waals surface area (Å²) in [5.74, 6) is 1.98. The van der Waals surface area contributed by atoms with Crippen LogP contribution in [0.4, 0.5) is 0 Å². The Labute approximate surface area is 141 Å². The summed E-state index contributed by atoms with van der Waals surface area (Å²) < 4.78 is 7.42. The zero-order valence-corrected chi connectivity index (χ0v) is 13.4. The number of rotatable bonds is 4. The number of ether oxygens (including phenoxy) is 1. The maximum atomic E-state index is 5.70. The minimum Gasteiger partial charge on any atom is -0.381 e. The van der Waals surface area contributed by atoms with E-state index in [1.165, 1.54) is 0 Å². The van der Waals surface area contributed by atoms with Crippen LogP contribution in [0.1, 0.15) is 23.7 Å². The molecule has 0 bridgehead atoms. The fourth-order valence-corrected chi connectivity index (χ4v) is 2.97. The van der Waals surface area contributed by atoms with E-state index in [9.17, 15) is 0 Å². The van der Waals surface area contributed by atoms with E-state index in [0.29, 0.717) is 13.2 Å². The molecule has 0 spiro atoms. The van der Waals surface area contributed by atoms with Crippen molar-refractivity contribution in [2.75, 3.05) is 13.2 Å². The van der Waals surface area contributed by atoms with Gasteiger partial charge in [0, 0.05) is 24.6 Å². The van der Waals surface area contributed by atoms with E-state index in [1.807, 2.05) is 47.1 Å². The van der Waals surface area contributed by atoms with Gasteiger partial charge in [-0.25, -0.2) is 9.67 Å². The van der Waals surface area contributed by atoms with E-state index in [4.69, 9.17) is 20.6 Å². The lowest BCUT2D eigenvalue weighted by Gasteiger charge is -2.06. The molecule has 1 saturated heterocycles. The highest BCUT2D eigenvalue weighted by Gasteiger charge is 2.24. The minimum atomic E-state index is 0.275. The molecular weight excluding hydrogens is 300 g/mol. The first-order chi connectivity index (χ1) is 11.8. The second-order valence-electron chi connectivity index (χ2n) is 6.00. The predicted octanol–water partition coefficient (Wildman–Crippen LogP) is 2.90. The minimum absolute atomic E-state index is 0.275. The molecule has 1 aliphatic rings. The smallest absolute Gasteiger partial charge is 0.163 e. The molecule has 0 saturated carbocycles. The van der Waals surface area contributed by atoms with Crippen molar-refractivity contribution in [3.05, 3.63) is 66.0 Å². The van der Waals surface area contributed by atoms with Gasteiger partial charge >= 0.3 is 0 Å². The fraction of sp³-hybridized carbons (Fsp3) is 0.263. The molecule has 0 radical (unpaired) electrons. The third-order valence-corrected chi connectivity index (χ3v) is 4.37. The number of hydrogen-bond acceptors (Lipinski definition) is 4. The molecule has 24 heavy (non-hydrogen) atoms. The van der Waals surface area contributed by atoms with Crippen molar-refractivity contribution in [1.82, 2.24) is 14.8 Å². The van der Waals surface area contributed by atoms with E-state index in [0.717, 1.165) is 41.5 Å². The highest BCUT2D eigenvalue weighted by atomic mass is 16.5. The first-order valence-corrected chi connectivity index (χ1v) is 8.24. The van der Waals surface area contributed by atoms with Crippen LogP contribution in [0.3, 0.4) is 0 Å². The highest BCUT2D eigenvalue weighted by Crippen LogP contribution is 2.27. The number of nitrogens with two attached hydrogens (primary N) is 1. The van der Waals surface area contributed by atoms with Gasteiger partial charge in [-0.1, -0.05) is 42.5 Å². The van der Waals surface area contributed by atoms with Gasteiger partial charge in [-0.3, -0.25) is 0 Å². The third-order valence-electron chi connectivity index (χ3n) is 4.37. The average Bonchev–Trinajstić information content (AvgIpc) is 3.32. The van der Waals surface area contributed by atoms with Crippen molar-refractivity contribution in [2.45, 2.75) is 18.9 Å². The summed E-state index contributed by atoms with van der Waals surface area (Å²) in [4.78, 5) is 4.83. The fourth-order valence-electron chi connectivity index (χ4n) is 2.97. The zero-order valence-electron chi connectivity index (χ0n) is 13.4. The van der Waals surface area contributed by atoms with E-state index in [2.05, 4.69) is 12.1 Å². The lowest BCUT2D eigenvalue weighted by Crippen LogP contribution is -2.02. The number of aromatic nitrogens is 3. The van der Waals surface area contributed by atoms with Gasteiger partial charge in [-0.2, -0.15) is 5.10 Å². The summed E-state index contributed by atoms with van der Waals surface area (Å²) in [5.41, 5.74) is 8.85. The van der Waals surface area contributed by atoms with Crippen molar-refractivity contribution < 1.29 is 4.74 Å². The van der Waals surface area contributed by atoms with Crippen LogP contribution in [-0.4, -0.2) is 28.0 Å². The van der Waals surface area contributed by atoms with Crippen molar-refractivity contribution >= 4 is 0 Å². The molecule has 122 valence electrons. The van der Waals surface area contributed by atoms with Gasteiger partial charge in [-0.05, 0) is 24.1 Å². The van der Waals surface area contributed by atoms with Crippen LogP contribution in [0.2, 0.25) is 0 Å². The Kier molecular flexibility index (Phi) is 4.11. The van der Waals surface area contributed by atoms with Gasteiger partial charge in [0.2, 0.25) is 0 Å². The first-order valence-electron chi connectivity index (χ1n) is 8.24. The number of para-hydroxylation sites is 1.